The molecule has 2 aromatic heterocycles. The van der Waals surface area contributed by atoms with Crippen molar-refractivity contribution in [2.45, 2.75) is 18.9 Å². The third-order valence-corrected chi connectivity index (χ3v) is 7.00. The minimum absolute atomic E-state index is 0.0693. The third kappa shape index (κ3) is 4.05. The summed E-state index contributed by atoms with van der Waals surface area (Å²) in [7, 11) is -1.49. The van der Waals surface area contributed by atoms with Crippen LogP contribution in [-0.2, 0) is 17.1 Å². The van der Waals surface area contributed by atoms with E-state index in [1.807, 2.05) is 18.2 Å². The Bertz CT molecular complexity index is 1270. The van der Waals surface area contributed by atoms with E-state index in [9.17, 15) is 13.2 Å². The minimum Gasteiger partial charge on any atom is -0.351 e. The number of rotatable bonds is 4. The third-order valence-electron chi connectivity index (χ3n) is 5.37. The Kier molecular flexibility index (Phi) is 5.52. The number of piperidine rings is 1. The maximum Gasteiger partial charge on any atom is 0.259 e. The van der Waals surface area contributed by atoms with Gasteiger partial charge in [-0.05, 0) is 25.0 Å². The van der Waals surface area contributed by atoms with E-state index in [2.05, 4.69) is 15.3 Å². The summed E-state index contributed by atoms with van der Waals surface area (Å²) in [5, 5.41) is 4.50. The molecule has 1 N–H and O–H groups in total. The Morgan fingerprint density at radius 3 is 2.53 bits per heavy atom. The summed E-state index contributed by atoms with van der Waals surface area (Å²) in [4.78, 5) is 21.9. The molecule has 8 nitrogen and oxygen atoms in total. The summed E-state index contributed by atoms with van der Waals surface area (Å²) in [5.74, 6) is 0.417. The van der Waals surface area contributed by atoms with Gasteiger partial charge in [0.25, 0.3) is 5.56 Å². The van der Waals surface area contributed by atoms with Gasteiger partial charge in [-0.25, -0.2) is 17.7 Å². The molecule has 158 valence electrons. The normalized spacial score (nSPS) is 16.1. The van der Waals surface area contributed by atoms with Crippen molar-refractivity contribution in [2.75, 3.05) is 24.7 Å². The number of aryl methyl sites for hydroxylation is 1. The molecule has 0 radical (unpaired) electrons. The molecular weight excluding hydrogens is 426 g/mol. The first-order valence-electron chi connectivity index (χ1n) is 9.57. The van der Waals surface area contributed by atoms with E-state index < -0.39 is 10.0 Å². The number of hydrogen-bond acceptors (Lipinski definition) is 6. The highest BCUT2D eigenvalue weighted by molar-refractivity contribution is 7.88. The molecule has 3 heterocycles. The molecule has 0 aliphatic carbocycles. The number of aromatic nitrogens is 3. The van der Waals surface area contributed by atoms with E-state index in [4.69, 9.17) is 11.6 Å². The summed E-state index contributed by atoms with van der Waals surface area (Å²) in [6.07, 6.45) is 4.23. The summed E-state index contributed by atoms with van der Waals surface area (Å²) in [6, 6.07) is 9.04. The summed E-state index contributed by atoms with van der Waals surface area (Å²) in [6.45, 7) is 0.924. The van der Waals surface area contributed by atoms with Crippen LogP contribution in [0.25, 0.3) is 22.2 Å². The molecule has 10 heteroatoms. The van der Waals surface area contributed by atoms with Crippen LogP contribution in [0, 0.1) is 0 Å². The molecule has 30 heavy (non-hydrogen) atoms. The van der Waals surface area contributed by atoms with E-state index in [0.717, 1.165) is 5.39 Å². The zero-order chi connectivity index (χ0) is 21.5. The van der Waals surface area contributed by atoms with Gasteiger partial charge in [-0.15, -0.1) is 0 Å². The monoisotopic (exact) mass is 447 g/mol. The molecule has 0 saturated carbocycles. The van der Waals surface area contributed by atoms with Crippen molar-refractivity contribution in [1.29, 1.82) is 0 Å². The fourth-order valence-electron chi connectivity index (χ4n) is 3.70. The molecule has 0 atom stereocenters. The highest BCUT2D eigenvalue weighted by Gasteiger charge is 2.25. The van der Waals surface area contributed by atoms with E-state index >= 15 is 0 Å². The number of nitrogens with one attached hydrogen (secondary N) is 1. The largest absolute Gasteiger partial charge is 0.351 e. The van der Waals surface area contributed by atoms with Gasteiger partial charge in [0.05, 0.1) is 6.26 Å². The number of nitrogens with zero attached hydrogens (tertiary/aromatic N) is 4. The quantitative estimate of drug-likeness (QED) is 0.659. The van der Waals surface area contributed by atoms with Crippen LogP contribution in [0.5, 0.6) is 0 Å². The molecule has 3 aromatic rings. The highest BCUT2D eigenvalue weighted by atomic mass is 35.5. The molecule has 4 rings (SSSR count). The summed E-state index contributed by atoms with van der Waals surface area (Å²) >= 11 is 6.28. The Balaban J connectivity index is 1.61. The van der Waals surface area contributed by atoms with Gasteiger partial charge in [-0.1, -0.05) is 29.8 Å². The standard InChI is InChI=1S/C20H22ClN5O3S/c1-25-18-13(11-16(19(25)27)15-5-3-4-6-17(15)21)12-22-20(24-18)23-14-7-9-26(10-8-14)30(2,28)29/h3-6,11-12,14H,7-10H2,1-2H3,(H,22,23,24). The first-order chi connectivity index (χ1) is 14.2. The molecule has 1 aromatic carbocycles. The van der Waals surface area contributed by atoms with Gasteiger partial charge in [0.15, 0.2) is 0 Å². The van der Waals surface area contributed by atoms with E-state index in [1.165, 1.54) is 15.1 Å². The molecule has 1 aliphatic rings. The molecule has 0 unspecified atom stereocenters. The van der Waals surface area contributed by atoms with Crippen molar-refractivity contribution in [3.63, 3.8) is 0 Å². The summed E-state index contributed by atoms with van der Waals surface area (Å²) in [5.41, 5.74) is 1.48. The van der Waals surface area contributed by atoms with Gasteiger partial charge in [-0.2, -0.15) is 4.98 Å². The van der Waals surface area contributed by atoms with E-state index in [-0.39, 0.29) is 11.6 Å². The Hall–Kier alpha value is -2.49. The average molecular weight is 448 g/mol. The van der Waals surface area contributed by atoms with Crippen LogP contribution in [0.15, 0.2) is 41.3 Å². The predicted octanol–water partition coefficient (Wildman–Crippen LogP) is 2.48. The van der Waals surface area contributed by atoms with Gasteiger partial charge in [-0.3, -0.25) is 9.36 Å². The zero-order valence-electron chi connectivity index (χ0n) is 16.7. The lowest BCUT2D eigenvalue weighted by Gasteiger charge is -2.30. The van der Waals surface area contributed by atoms with Crippen molar-refractivity contribution < 1.29 is 8.42 Å². The molecule has 0 spiro atoms. The van der Waals surface area contributed by atoms with E-state index in [0.29, 0.717) is 53.7 Å². The molecule has 1 aliphatic heterocycles. The number of hydrogen-bond donors (Lipinski definition) is 1. The van der Waals surface area contributed by atoms with Gasteiger partial charge >= 0.3 is 0 Å². The van der Waals surface area contributed by atoms with Crippen LogP contribution < -0.4 is 10.9 Å². The van der Waals surface area contributed by atoms with Gasteiger partial charge in [0.1, 0.15) is 5.65 Å². The smallest absolute Gasteiger partial charge is 0.259 e. The average Bonchev–Trinajstić information content (AvgIpc) is 2.71. The topological polar surface area (TPSA) is 97.2 Å². The second-order valence-corrected chi connectivity index (χ2v) is 9.84. The second-order valence-electron chi connectivity index (χ2n) is 7.46. The van der Waals surface area contributed by atoms with E-state index in [1.54, 1.807) is 25.4 Å². The van der Waals surface area contributed by atoms with Crippen LogP contribution >= 0.6 is 11.6 Å². The SMILES string of the molecule is Cn1c(=O)c(-c2ccccc2Cl)cc2cnc(NC3CCN(S(C)(=O)=O)CC3)nc21. The highest BCUT2D eigenvalue weighted by Crippen LogP contribution is 2.27. The van der Waals surface area contributed by atoms with Crippen LogP contribution in [0.3, 0.4) is 0 Å². The van der Waals surface area contributed by atoms with Crippen LogP contribution in [0.1, 0.15) is 12.8 Å². The maximum absolute atomic E-state index is 12.9. The number of anilines is 1. The van der Waals surface area contributed by atoms with Crippen molar-refractivity contribution >= 4 is 38.6 Å². The lowest BCUT2D eigenvalue weighted by Crippen LogP contribution is -2.42. The van der Waals surface area contributed by atoms with Gasteiger partial charge in [0, 0.05) is 53.9 Å². The second kappa shape index (κ2) is 7.98. The van der Waals surface area contributed by atoms with Crippen molar-refractivity contribution in [1.82, 2.24) is 18.8 Å². The minimum atomic E-state index is -3.16. The fraction of sp³-hybridized carbons (Fsp3) is 0.350. The van der Waals surface area contributed by atoms with Gasteiger partial charge < -0.3 is 5.32 Å². The number of pyridine rings is 1. The van der Waals surface area contributed by atoms with Crippen molar-refractivity contribution in [3.05, 3.63) is 51.9 Å². The molecule has 1 saturated heterocycles. The van der Waals surface area contributed by atoms with Crippen LogP contribution in [0.4, 0.5) is 5.95 Å². The Morgan fingerprint density at radius 1 is 1.17 bits per heavy atom. The van der Waals surface area contributed by atoms with Crippen LogP contribution in [-0.4, -0.2) is 52.6 Å². The lowest BCUT2D eigenvalue weighted by atomic mass is 10.1. The first kappa shape index (κ1) is 20.8. The Labute approximate surface area is 179 Å². The lowest BCUT2D eigenvalue weighted by molar-refractivity contribution is 0.331. The molecular formula is C20H22ClN5O3S. The number of fused-ring (bicyclic) bond motifs is 1. The zero-order valence-corrected chi connectivity index (χ0v) is 18.2. The first-order valence-corrected chi connectivity index (χ1v) is 11.8. The Morgan fingerprint density at radius 2 is 1.87 bits per heavy atom. The number of halogens is 1. The number of benzene rings is 1. The summed E-state index contributed by atoms with van der Waals surface area (Å²) < 4.78 is 26.3. The van der Waals surface area contributed by atoms with Crippen LogP contribution in [0.2, 0.25) is 5.02 Å². The fourth-order valence-corrected chi connectivity index (χ4v) is 4.81. The molecule has 0 amide bonds. The number of sulfonamides is 1. The molecule has 1 fully saturated rings. The van der Waals surface area contributed by atoms with Crippen molar-refractivity contribution in [3.8, 4) is 11.1 Å². The van der Waals surface area contributed by atoms with Crippen molar-refractivity contribution in [2.24, 2.45) is 7.05 Å². The van der Waals surface area contributed by atoms with Gasteiger partial charge in [0.2, 0.25) is 16.0 Å². The predicted molar refractivity (Wildman–Crippen MR) is 118 cm³/mol. The molecule has 0 bridgehead atoms. The maximum atomic E-state index is 12.9.